The van der Waals surface area contributed by atoms with Crippen LogP contribution in [0, 0.1) is 6.92 Å². The molecule has 18 heavy (non-hydrogen) atoms. The Morgan fingerprint density at radius 2 is 2.06 bits per heavy atom. The van der Waals surface area contributed by atoms with Crippen molar-refractivity contribution in [1.29, 1.82) is 0 Å². The maximum absolute atomic E-state index is 11.9. The lowest BCUT2D eigenvalue weighted by atomic mass is 10.00. The van der Waals surface area contributed by atoms with Gasteiger partial charge in [-0.1, -0.05) is 0 Å². The van der Waals surface area contributed by atoms with Crippen LogP contribution in [-0.2, 0) is 0 Å². The largest absolute Gasteiger partial charge is 0.422 e. The Bertz CT molecular complexity index is 686. The fraction of sp³-hybridized carbons (Fsp3) is 0.231. The zero-order chi connectivity index (χ0) is 13.4. The van der Waals surface area contributed by atoms with Crippen LogP contribution in [-0.4, -0.2) is 11.8 Å². The smallest absolute Gasteiger partial charge is 0.347 e. The molecule has 0 saturated heterocycles. The molecule has 2 rings (SSSR count). The van der Waals surface area contributed by atoms with E-state index in [0.29, 0.717) is 22.2 Å². The third-order valence-corrected chi connectivity index (χ3v) is 2.85. The van der Waals surface area contributed by atoms with Crippen LogP contribution >= 0.6 is 0 Å². The summed E-state index contributed by atoms with van der Waals surface area (Å²) in [6.45, 7) is 3.24. The molecular formula is C13H14N2O3. The monoisotopic (exact) mass is 246 g/mol. The van der Waals surface area contributed by atoms with E-state index in [1.807, 2.05) is 0 Å². The minimum atomic E-state index is -0.738. The van der Waals surface area contributed by atoms with Gasteiger partial charge in [-0.3, -0.25) is 4.79 Å². The van der Waals surface area contributed by atoms with Gasteiger partial charge < -0.3 is 15.9 Å². The van der Waals surface area contributed by atoms with Crippen molar-refractivity contribution in [2.45, 2.75) is 19.9 Å². The van der Waals surface area contributed by atoms with Crippen LogP contribution < -0.4 is 17.1 Å². The number of hydrogen-bond acceptors (Lipinski definition) is 5. The van der Waals surface area contributed by atoms with Crippen molar-refractivity contribution in [3.8, 4) is 0 Å². The third kappa shape index (κ3) is 1.89. The molecule has 1 unspecified atom stereocenters. The Kier molecular flexibility index (Phi) is 2.92. The second kappa shape index (κ2) is 4.27. The van der Waals surface area contributed by atoms with Gasteiger partial charge in [0.05, 0.1) is 6.04 Å². The number of carbonyl (C=O) groups is 1. The van der Waals surface area contributed by atoms with E-state index in [2.05, 4.69) is 0 Å². The number of aryl methyl sites for hydroxylation is 1. The lowest BCUT2D eigenvalue weighted by Gasteiger charge is -2.09. The molecule has 0 aliphatic heterocycles. The Labute approximate surface area is 103 Å². The Hall–Kier alpha value is -2.14. The summed E-state index contributed by atoms with van der Waals surface area (Å²) in [6.07, 6.45) is 0. The van der Waals surface area contributed by atoms with Gasteiger partial charge in [-0.05, 0) is 31.5 Å². The zero-order valence-corrected chi connectivity index (χ0v) is 10.2. The standard InChI is InChI=1S/C13H14N2O3/c1-6-9-4-3-8(15)5-10(9)18-13(17)11(6)12(16)7(2)14/h3-5,7H,14-15H2,1-2H3. The summed E-state index contributed by atoms with van der Waals surface area (Å²) in [5.41, 5.74) is 11.9. The molecule has 0 amide bonds. The normalized spacial score (nSPS) is 12.6. The highest BCUT2D eigenvalue weighted by atomic mass is 16.4. The minimum Gasteiger partial charge on any atom is -0.422 e. The Balaban J connectivity index is 2.81. The fourth-order valence-electron chi connectivity index (χ4n) is 1.88. The Morgan fingerprint density at radius 3 is 2.67 bits per heavy atom. The molecule has 5 nitrogen and oxygen atoms in total. The number of Topliss-reactive ketones (excluding diaryl/α,β-unsaturated/α-hetero) is 1. The summed E-state index contributed by atoms with van der Waals surface area (Å²) in [4.78, 5) is 23.7. The number of rotatable bonds is 2. The molecular weight excluding hydrogens is 232 g/mol. The topological polar surface area (TPSA) is 99.3 Å². The molecule has 1 heterocycles. The first-order chi connectivity index (χ1) is 8.41. The van der Waals surface area contributed by atoms with E-state index < -0.39 is 17.5 Å². The predicted molar refractivity (Wildman–Crippen MR) is 69.6 cm³/mol. The SMILES string of the molecule is Cc1c(C(=O)C(C)N)c(=O)oc2cc(N)ccc12. The molecule has 1 aromatic heterocycles. The number of anilines is 1. The van der Waals surface area contributed by atoms with Crippen molar-refractivity contribution in [3.63, 3.8) is 0 Å². The van der Waals surface area contributed by atoms with E-state index in [1.54, 1.807) is 25.1 Å². The average molecular weight is 246 g/mol. The first-order valence-electron chi connectivity index (χ1n) is 5.54. The van der Waals surface area contributed by atoms with Gasteiger partial charge in [-0.2, -0.15) is 0 Å². The van der Waals surface area contributed by atoms with Crippen molar-refractivity contribution in [2.24, 2.45) is 5.73 Å². The molecule has 0 fully saturated rings. The molecule has 0 bridgehead atoms. The number of carbonyl (C=O) groups excluding carboxylic acids is 1. The summed E-state index contributed by atoms with van der Waals surface area (Å²) in [5.74, 6) is -0.417. The molecule has 0 aliphatic rings. The molecule has 5 heteroatoms. The van der Waals surface area contributed by atoms with Crippen molar-refractivity contribution in [1.82, 2.24) is 0 Å². The van der Waals surface area contributed by atoms with E-state index >= 15 is 0 Å². The summed E-state index contributed by atoms with van der Waals surface area (Å²) < 4.78 is 5.11. The van der Waals surface area contributed by atoms with Gasteiger partial charge >= 0.3 is 5.63 Å². The summed E-state index contributed by atoms with van der Waals surface area (Å²) in [6, 6.07) is 4.23. The fourth-order valence-corrected chi connectivity index (χ4v) is 1.88. The van der Waals surface area contributed by atoms with E-state index in [4.69, 9.17) is 15.9 Å². The van der Waals surface area contributed by atoms with Crippen molar-refractivity contribution < 1.29 is 9.21 Å². The second-order valence-corrected chi connectivity index (χ2v) is 4.30. The molecule has 1 atom stereocenters. The molecule has 4 N–H and O–H groups in total. The molecule has 0 spiro atoms. The lowest BCUT2D eigenvalue weighted by Crippen LogP contribution is -2.31. The number of fused-ring (bicyclic) bond motifs is 1. The maximum atomic E-state index is 11.9. The van der Waals surface area contributed by atoms with E-state index in [0.717, 1.165) is 0 Å². The van der Waals surface area contributed by atoms with Crippen LogP contribution in [0.5, 0.6) is 0 Å². The third-order valence-electron chi connectivity index (χ3n) is 2.85. The predicted octanol–water partition coefficient (Wildman–Crippen LogP) is 1.21. The summed E-state index contributed by atoms with van der Waals surface area (Å²) in [5, 5.41) is 0.688. The van der Waals surface area contributed by atoms with Crippen molar-refractivity contribution >= 4 is 22.4 Å². The first kappa shape index (κ1) is 12.3. The van der Waals surface area contributed by atoms with Gasteiger partial charge in [-0.25, -0.2) is 4.79 Å². The molecule has 2 aromatic rings. The van der Waals surface area contributed by atoms with E-state index in [-0.39, 0.29) is 5.56 Å². The summed E-state index contributed by atoms with van der Waals surface area (Å²) >= 11 is 0. The molecule has 0 saturated carbocycles. The minimum absolute atomic E-state index is 0.0160. The van der Waals surface area contributed by atoms with Gasteiger partial charge in [0, 0.05) is 17.1 Å². The summed E-state index contributed by atoms with van der Waals surface area (Å²) in [7, 11) is 0. The average Bonchev–Trinajstić information content (AvgIpc) is 2.27. The first-order valence-corrected chi connectivity index (χ1v) is 5.54. The molecule has 1 aromatic carbocycles. The van der Waals surface area contributed by atoms with E-state index in [9.17, 15) is 9.59 Å². The number of benzene rings is 1. The van der Waals surface area contributed by atoms with Crippen LogP contribution in [0.25, 0.3) is 11.0 Å². The lowest BCUT2D eigenvalue weighted by molar-refractivity contribution is 0.0964. The molecule has 94 valence electrons. The van der Waals surface area contributed by atoms with Crippen LogP contribution in [0.15, 0.2) is 27.4 Å². The highest BCUT2D eigenvalue weighted by molar-refractivity contribution is 6.03. The van der Waals surface area contributed by atoms with Gasteiger partial charge in [-0.15, -0.1) is 0 Å². The number of ketones is 1. The van der Waals surface area contributed by atoms with Crippen LogP contribution in [0.4, 0.5) is 5.69 Å². The number of hydrogen-bond donors (Lipinski definition) is 2. The molecule has 0 radical (unpaired) electrons. The van der Waals surface area contributed by atoms with Crippen molar-refractivity contribution in [2.75, 3.05) is 5.73 Å². The van der Waals surface area contributed by atoms with Crippen LogP contribution in [0.3, 0.4) is 0 Å². The van der Waals surface area contributed by atoms with Gasteiger partial charge in [0.15, 0.2) is 5.78 Å². The van der Waals surface area contributed by atoms with Crippen LogP contribution in [0.1, 0.15) is 22.8 Å². The maximum Gasteiger partial charge on any atom is 0.347 e. The quantitative estimate of drug-likeness (QED) is 0.471. The second-order valence-electron chi connectivity index (χ2n) is 4.30. The highest BCUT2D eigenvalue weighted by Crippen LogP contribution is 2.22. The van der Waals surface area contributed by atoms with Gasteiger partial charge in [0.1, 0.15) is 11.1 Å². The van der Waals surface area contributed by atoms with Crippen LogP contribution in [0.2, 0.25) is 0 Å². The number of nitrogen functional groups attached to an aromatic ring is 1. The Morgan fingerprint density at radius 1 is 1.39 bits per heavy atom. The van der Waals surface area contributed by atoms with Crippen molar-refractivity contribution in [3.05, 3.63) is 39.7 Å². The zero-order valence-electron chi connectivity index (χ0n) is 10.2. The highest BCUT2D eigenvalue weighted by Gasteiger charge is 2.20. The van der Waals surface area contributed by atoms with Gasteiger partial charge in [0.2, 0.25) is 0 Å². The molecule has 0 aliphatic carbocycles. The number of nitrogens with two attached hydrogens (primary N) is 2. The van der Waals surface area contributed by atoms with Gasteiger partial charge in [0.25, 0.3) is 0 Å². The van der Waals surface area contributed by atoms with E-state index in [1.165, 1.54) is 6.92 Å².